The van der Waals surface area contributed by atoms with Crippen LogP contribution in [0.2, 0.25) is 0 Å². The summed E-state index contributed by atoms with van der Waals surface area (Å²) in [6.45, 7) is 7.16. The van der Waals surface area contributed by atoms with Gasteiger partial charge in [-0.25, -0.2) is 0 Å². The molecule has 3 N–H and O–H groups in total. The van der Waals surface area contributed by atoms with Crippen LogP contribution in [-0.4, -0.2) is 29.1 Å². The topological polar surface area (TPSA) is 65.1 Å². The molecule has 4 heteroatoms. The standard InChI is InChI=1S/C19H28N2O2/c1-13(2)10-15(8-9-22)12-20-19(23)11-17-14(3)21-18-7-5-4-6-16(17)18/h4-7,13,15,21-22H,8-12H2,1-3H3,(H,20,23). The van der Waals surface area contributed by atoms with E-state index in [9.17, 15) is 4.79 Å². The van der Waals surface area contributed by atoms with Crippen LogP contribution in [0.15, 0.2) is 24.3 Å². The molecule has 0 saturated carbocycles. The third-order valence-corrected chi connectivity index (χ3v) is 4.29. The first-order valence-corrected chi connectivity index (χ1v) is 8.45. The van der Waals surface area contributed by atoms with E-state index >= 15 is 0 Å². The first-order valence-electron chi connectivity index (χ1n) is 8.45. The molecule has 1 aromatic carbocycles. The van der Waals surface area contributed by atoms with Crippen molar-refractivity contribution in [2.75, 3.05) is 13.2 Å². The number of fused-ring (bicyclic) bond motifs is 1. The average molecular weight is 316 g/mol. The quantitative estimate of drug-likeness (QED) is 0.700. The highest BCUT2D eigenvalue weighted by Crippen LogP contribution is 2.22. The summed E-state index contributed by atoms with van der Waals surface area (Å²) in [5.41, 5.74) is 3.20. The number of carbonyl (C=O) groups excluding carboxylic acids is 1. The van der Waals surface area contributed by atoms with E-state index in [1.165, 1.54) is 0 Å². The highest BCUT2D eigenvalue weighted by molar-refractivity contribution is 5.90. The monoisotopic (exact) mass is 316 g/mol. The number of amides is 1. The predicted molar refractivity (Wildman–Crippen MR) is 94.4 cm³/mol. The summed E-state index contributed by atoms with van der Waals surface area (Å²) in [6, 6.07) is 8.07. The average Bonchev–Trinajstić information content (AvgIpc) is 2.81. The van der Waals surface area contributed by atoms with E-state index in [1.54, 1.807) is 0 Å². The van der Waals surface area contributed by atoms with Gasteiger partial charge in [0.15, 0.2) is 0 Å². The van der Waals surface area contributed by atoms with Crippen LogP contribution >= 0.6 is 0 Å². The Kier molecular flexibility index (Phi) is 6.22. The molecule has 2 aromatic rings. The molecule has 0 bridgehead atoms. The van der Waals surface area contributed by atoms with E-state index < -0.39 is 0 Å². The molecule has 4 nitrogen and oxygen atoms in total. The van der Waals surface area contributed by atoms with E-state index in [1.807, 2.05) is 25.1 Å². The minimum Gasteiger partial charge on any atom is -0.396 e. The predicted octanol–water partition coefficient (Wildman–Crippen LogP) is 3.18. The Labute approximate surface area is 138 Å². The molecule has 23 heavy (non-hydrogen) atoms. The third kappa shape index (κ3) is 4.83. The van der Waals surface area contributed by atoms with Crippen LogP contribution in [0.3, 0.4) is 0 Å². The summed E-state index contributed by atoms with van der Waals surface area (Å²) in [5, 5.41) is 13.3. The smallest absolute Gasteiger partial charge is 0.224 e. The molecule has 0 radical (unpaired) electrons. The number of hydrogen-bond donors (Lipinski definition) is 3. The maximum Gasteiger partial charge on any atom is 0.224 e. The summed E-state index contributed by atoms with van der Waals surface area (Å²) in [7, 11) is 0. The summed E-state index contributed by atoms with van der Waals surface area (Å²) >= 11 is 0. The van der Waals surface area contributed by atoms with Crippen LogP contribution in [-0.2, 0) is 11.2 Å². The number of benzene rings is 1. The number of aryl methyl sites for hydroxylation is 1. The molecule has 0 saturated heterocycles. The van der Waals surface area contributed by atoms with E-state index in [4.69, 9.17) is 5.11 Å². The molecule has 0 aliphatic rings. The number of H-pyrrole nitrogens is 1. The van der Waals surface area contributed by atoms with Crippen molar-refractivity contribution in [2.45, 2.75) is 40.0 Å². The van der Waals surface area contributed by atoms with Crippen molar-refractivity contribution in [1.82, 2.24) is 10.3 Å². The van der Waals surface area contributed by atoms with Gasteiger partial charge in [-0.3, -0.25) is 4.79 Å². The van der Waals surface area contributed by atoms with Crippen LogP contribution in [0.5, 0.6) is 0 Å². The highest BCUT2D eigenvalue weighted by atomic mass is 16.3. The molecule has 1 atom stereocenters. The lowest BCUT2D eigenvalue weighted by Crippen LogP contribution is -2.31. The zero-order valence-corrected chi connectivity index (χ0v) is 14.4. The SMILES string of the molecule is Cc1[nH]c2ccccc2c1CC(=O)NCC(CCO)CC(C)C. The van der Waals surface area contributed by atoms with Gasteiger partial charge in [0.05, 0.1) is 6.42 Å². The number of rotatable bonds is 8. The van der Waals surface area contributed by atoms with Crippen LogP contribution < -0.4 is 5.32 Å². The molecule has 1 aromatic heterocycles. The van der Waals surface area contributed by atoms with Gasteiger partial charge in [-0.2, -0.15) is 0 Å². The van der Waals surface area contributed by atoms with Gasteiger partial charge in [-0.15, -0.1) is 0 Å². The fourth-order valence-electron chi connectivity index (χ4n) is 3.20. The van der Waals surface area contributed by atoms with Gasteiger partial charge in [-0.1, -0.05) is 32.0 Å². The number of para-hydroxylation sites is 1. The van der Waals surface area contributed by atoms with E-state index in [0.29, 0.717) is 24.8 Å². The van der Waals surface area contributed by atoms with Crippen LogP contribution in [0.25, 0.3) is 10.9 Å². The lowest BCUT2D eigenvalue weighted by Gasteiger charge is -2.18. The first-order chi connectivity index (χ1) is 11.0. The van der Waals surface area contributed by atoms with E-state index in [2.05, 4.69) is 30.2 Å². The van der Waals surface area contributed by atoms with Gasteiger partial charge in [0.25, 0.3) is 0 Å². The maximum absolute atomic E-state index is 12.3. The number of aliphatic hydroxyl groups is 1. The van der Waals surface area contributed by atoms with Gasteiger partial charge < -0.3 is 15.4 Å². The fraction of sp³-hybridized carbons (Fsp3) is 0.526. The summed E-state index contributed by atoms with van der Waals surface area (Å²) < 4.78 is 0. The zero-order valence-electron chi connectivity index (χ0n) is 14.4. The van der Waals surface area contributed by atoms with Gasteiger partial charge in [-0.05, 0) is 43.2 Å². The molecular formula is C19H28N2O2. The molecule has 0 aliphatic heterocycles. The van der Waals surface area contributed by atoms with Crippen LogP contribution in [0, 0.1) is 18.8 Å². The fourth-order valence-corrected chi connectivity index (χ4v) is 3.20. The Balaban J connectivity index is 1.97. The third-order valence-electron chi connectivity index (χ3n) is 4.29. The Morgan fingerprint density at radius 1 is 1.30 bits per heavy atom. The first kappa shape index (κ1) is 17.5. The Hall–Kier alpha value is -1.81. The highest BCUT2D eigenvalue weighted by Gasteiger charge is 2.15. The molecule has 0 fully saturated rings. The lowest BCUT2D eigenvalue weighted by molar-refractivity contribution is -0.120. The molecule has 1 heterocycles. The summed E-state index contributed by atoms with van der Waals surface area (Å²) in [5.74, 6) is 0.955. The molecule has 1 unspecified atom stereocenters. The van der Waals surface area contributed by atoms with E-state index in [-0.39, 0.29) is 12.5 Å². The van der Waals surface area contributed by atoms with Gasteiger partial charge in [0.1, 0.15) is 0 Å². The summed E-state index contributed by atoms with van der Waals surface area (Å²) in [6.07, 6.45) is 2.15. The van der Waals surface area contributed by atoms with Crippen molar-refractivity contribution in [1.29, 1.82) is 0 Å². The van der Waals surface area contributed by atoms with E-state index in [0.717, 1.165) is 35.0 Å². The van der Waals surface area contributed by atoms with Crippen molar-refractivity contribution in [3.8, 4) is 0 Å². The van der Waals surface area contributed by atoms with Crippen molar-refractivity contribution in [3.63, 3.8) is 0 Å². The number of nitrogens with one attached hydrogen (secondary N) is 2. The van der Waals surface area contributed by atoms with Crippen molar-refractivity contribution in [3.05, 3.63) is 35.5 Å². The Morgan fingerprint density at radius 3 is 2.74 bits per heavy atom. The largest absolute Gasteiger partial charge is 0.396 e. The normalized spacial score (nSPS) is 12.7. The van der Waals surface area contributed by atoms with Crippen LogP contribution in [0.4, 0.5) is 0 Å². The second-order valence-corrected chi connectivity index (χ2v) is 6.76. The van der Waals surface area contributed by atoms with Crippen LogP contribution in [0.1, 0.15) is 37.9 Å². The van der Waals surface area contributed by atoms with Crippen molar-refractivity contribution >= 4 is 16.8 Å². The lowest BCUT2D eigenvalue weighted by atomic mass is 9.94. The number of aliphatic hydroxyl groups excluding tert-OH is 1. The molecule has 2 rings (SSSR count). The number of hydrogen-bond acceptors (Lipinski definition) is 2. The second kappa shape index (κ2) is 8.16. The number of aromatic nitrogens is 1. The molecule has 0 aliphatic carbocycles. The second-order valence-electron chi connectivity index (χ2n) is 6.76. The van der Waals surface area contributed by atoms with Gasteiger partial charge >= 0.3 is 0 Å². The zero-order chi connectivity index (χ0) is 16.8. The van der Waals surface area contributed by atoms with Crippen molar-refractivity contribution in [2.24, 2.45) is 11.8 Å². The van der Waals surface area contributed by atoms with Crippen molar-refractivity contribution < 1.29 is 9.90 Å². The minimum atomic E-state index is 0.0459. The molecular weight excluding hydrogens is 288 g/mol. The minimum absolute atomic E-state index is 0.0459. The Morgan fingerprint density at radius 2 is 2.04 bits per heavy atom. The Bertz CT molecular complexity index is 646. The number of carbonyl (C=O) groups is 1. The van der Waals surface area contributed by atoms with Gasteiger partial charge in [0, 0.05) is 29.7 Å². The van der Waals surface area contributed by atoms with Gasteiger partial charge in [0.2, 0.25) is 5.91 Å². The maximum atomic E-state index is 12.3. The summed E-state index contributed by atoms with van der Waals surface area (Å²) in [4.78, 5) is 15.6. The molecule has 0 spiro atoms. The molecule has 126 valence electrons. The molecule has 1 amide bonds. The number of aromatic amines is 1.